The van der Waals surface area contributed by atoms with Gasteiger partial charge in [0.25, 0.3) is 5.91 Å². The average Bonchev–Trinajstić information content (AvgIpc) is 3.19. The summed E-state index contributed by atoms with van der Waals surface area (Å²) in [6.07, 6.45) is 3.33. The van der Waals surface area contributed by atoms with Crippen molar-refractivity contribution in [1.29, 1.82) is 0 Å². The number of aromatic nitrogens is 2. The molecule has 7 nitrogen and oxygen atoms in total. The third kappa shape index (κ3) is 4.42. The number of ether oxygens (including phenoxy) is 1. The third-order valence-corrected chi connectivity index (χ3v) is 4.83. The quantitative estimate of drug-likeness (QED) is 0.700. The number of H-pyrrole nitrogens is 1. The predicted octanol–water partition coefficient (Wildman–Crippen LogP) is 1.66. The fourth-order valence-corrected chi connectivity index (χ4v) is 3.34. The second kappa shape index (κ2) is 8.82. The molecule has 1 atom stereocenters. The topological polar surface area (TPSA) is 90.5 Å². The summed E-state index contributed by atoms with van der Waals surface area (Å²) in [6, 6.07) is 9.51. The summed E-state index contributed by atoms with van der Waals surface area (Å²) in [5.41, 5.74) is 2.02. The number of aliphatic hydroxyl groups excluding tert-OH is 1. The molecule has 7 heteroatoms. The molecule has 1 aromatic carbocycles. The van der Waals surface area contributed by atoms with E-state index in [4.69, 9.17) is 4.74 Å². The van der Waals surface area contributed by atoms with Crippen LogP contribution in [0.3, 0.4) is 0 Å². The van der Waals surface area contributed by atoms with E-state index in [1.807, 2.05) is 24.3 Å². The number of aromatic amines is 1. The van der Waals surface area contributed by atoms with Crippen molar-refractivity contribution in [2.75, 3.05) is 33.4 Å². The molecule has 140 valence electrons. The Bertz CT molecular complexity index is 731. The van der Waals surface area contributed by atoms with Crippen LogP contribution in [0.1, 0.15) is 29.8 Å². The molecule has 0 saturated carbocycles. The van der Waals surface area contributed by atoms with E-state index in [0.29, 0.717) is 17.9 Å². The van der Waals surface area contributed by atoms with E-state index >= 15 is 0 Å². The molecule has 0 radical (unpaired) electrons. The summed E-state index contributed by atoms with van der Waals surface area (Å²) >= 11 is 0. The van der Waals surface area contributed by atoms with Crippen LogP contribution in [0.25, 0.3) is 11.3 Å². The Morgan fingerprint density at radius 2 is 2.31 bits per heavy atom. The monoisotopic (exact) mass is 358 g/mol. The minimum atomic E-state index is -0.177. The first-order valence-corrected chi connectivity index (χ1v) is 9.04. The average molecular weight is 358 g/mol. The first kappa shape index (κ1) is 18.4. The number of methoxy groups -OCH3 is 1. The third-order valence-electron chi connectivity index (χ3n) is 4.83. The highest BCUT2D eigenvalue weighted by Gasteiger charge is 2.21. The normalized spacial score (nSPS) is 17.8. The molecule has 1 aliphatic rings. The lowest BCUT2D eigenvalue weighted by Gasteiger charge is -2.34. The zero-order chi connectivity index (χ0) is 18.4. The molecule has 1 aliphatic heterocycles. The van der Waals surface area contributed by atoms with Gasteiger partial charge in [0.2, 0.25) is 0 Å². The van der Waals surface area contributed by atoms with Crippen LogP contribution in [-0.4, -0.2) is 65.5 Å². The standard InChI is InChI=1S/C19H26N4O3/c1-26-16-7-4-5-14(11-16)17-12-18(22-21-17)19(25)20-8-10-23-9-3-2-6-15(23)13-24/h4-5,7,11-12,15,24H,2-3,6,8-10,13H2,1H3,(H,20,25)(H,21,22)/t15-/m1/s1. The van der Waals surface area contributed by atoms with Gasteiger partial charge in [0, 0.05) is 24.7 Å². The lowest BCUT2D eigenvalue weighted by atomic mass is 10.0. The molecule has 3 rings (SSSR count). The Labute approximate surface area is 153 Å². The summed E-state index contributed by atoms with van der Waals surface area (Å²) in [5, 5.41) is 19.4. The molecule has 2 aromatic rings. The van der Waals surface area contributed by atoms with Crippen LogP contribution in [0.4, 0.5) is 0 Å². The second-order valence-corrected chi connectivity index (χ2v) is 6.52. The van der Waals surface area contributed by atoms with Crippen LogP contribution >= 0.6 is 0 Å². The summed E-state index contributed by atoms with van der Waals surface area (Å²) in [4.78, 5) is 14.6. The number of carbonyl (C=O) groups excluding carboxylic acids is 1. The fourth-order valence-electron chi connectivity index (χ4n) is 3.34. The van der Waals surface area contributed by atoms with Crippen molar-refractivity contribution in [1.82, 2.24) is 20.4 Å². The van der Waals surface area contributed by atoms with E-state index in [2.05, 4.69) is 20.4 Å². The molecule has 0 unspecified atom stereocenters. The first-order valence-electron chi connectivity index (χ1n) is 9.04. The van der Waals surface area contributed by atoms with Crippen LogP contribution in [0.2, 0.25) is 0 Å². The number of rotatable bonds is 7. The lowest BCUT2D eigenvalue weighted by molar-refractivity contribution is 0.0847. The van der Waals surface area contributed by atoms with Crippen molar-refractivity contribution < 1.29 is 14.6 Å². The van der Waals surface area contributed by atoms with Gasteiger partial charge in [-0.25, -0.2) is 0 Å². The Kier molecular flexibility index (Phi) is 6.25. The minimum absolute atomic E-state index is 0.177. The molecule has 26 heavy (non-hydrogen) atoms. The molecule has 3 N–H and O–H groups in total. The number of benzene rings is 1. The summed E-state index contributed by atoms with van der Waals surface area (Å²) in [5.74, 6) is 0.570. The van der Waals surface area contributed by atoms with Crippen molar-refractivity contribution >= 4 is 5.91 Å². The Morgan fingerprint density at radius 1 is 1.42 bits per heavy atom. The van der Waals surface area contributed by atoms with Crippen LogP contribution < -0.4 is 10.1 Å². The van der Waals surface area contributed by atoms with Gasteiger partial charge < -0.3 is 15.2 Å². The van der Waals surface area contributed by atoms with Crippen molar-refractivity contribution in [2.24, 2.45) is 0 Å². The van der Waals surface area contributed by atoms with Crippen LogP contribution in [0.15, 0.2) is 30.3 Å². The number of hydrogen-bond donors (Lipinski definition) is 3. The van der Waals surface area contributed by atoms with Gasteiger partial charge in [-0.05, 0) is 37.6 Å². The summed E-state index contributed by atoms with van der Waals surface area (Å²) in [7, 11) is 1.62. The Balaban J connectivity index is 1.54. The van der Waals surface area contributed by atoms with Crippen LogP contribution in [0.5, 0.6) is 5.75 Å². The molecule has 2 heterocycles. The van der Waals surface area contributed by atoms with Gasteiger partial charge in [-0.2, -0.15) is 5.10 Å². The van der Waals surface area contributed by atoms with E-state index in [9.17, 15) is 9.90 Å². The SMILES string of the molecule is COc1cccc(-c2cc(C(=O)NCCN3CCCC[C@@H]3CO)[nH]n2)c1. The number of hydrogen-bond acceptors (Lipinski definition) is 5. The maximum Gasteiger partial charge on any atom is 0.269 e. The molecular weight excluding hydrogens is 332 g/mol. The lowest BCUT2D eigenvalue weighted by Crippen LogP contribution is -2.45. The Hall–Kier alpha value is -2.38. The number of carbonyl (C=O) groups is 1. The van der Waals surface area contributed by atoms with E-state index in [1.165, 1.54) is 0 Å². The van der Waals surface area contributed by atoms with Crippen LogP contribution in [-0.2, 0) is 0 Å². The van der Waals surface area contributed by atoms with Gasteiger partial charge >= 0.3 is 0 Å². The molecule has 0 aliphatic carbocycles. The smallest absolute Gasteiger partial charge is 0.269 e. The summed E-state index contributed by atoms with van der Waals surface area (Å²) in [6.45, 7) is 2.44. The van der Waals surface area contributed by atoms with Crippen molar-refractivity contribution in [3.8, 4) is 17.0 Å². The van der Waals surface area contributed by atoms with E-state index in [-0.39, 0.29) is 18.6 Å². The van der Waals surface area contributed by atoms with Gasteiger partial charge in [0.15, 0.2) is 0 Å². The highest BCUT2D eigenvalue weighted by atomic mass is 16.5. The van der Waals surface area contributed by atoms with Crippen LogP contribution in [0, 0.1) is 0 Å². The number of amides is 1. The maximum atomic E-state index is 12.3. The van der Waals surface area contributed by atoms with Crippen molar-refractivity contribution in [3.63, 3.8) is 0 Å². The molecule has 1 saturated heterocycles. The molecule has 0 bridgehead atoms. The van der Waals surface area contributed by atoms with Gasteiger partial charge in [0.05, 0.1) is 19.4 Å². The highest BCUT2D eigenvalue weighted by molar-refractivity contribution is 5.93. The number of likely N-dealkylation sites (tertiary alicyclic amines) is 1. The second-order valence-electron chi connectivity index (χ2n) is 6.52. The molecule has 1 aromatic heterocycles. The predicted molar refractivity (Wildman–Crippen MR) is 99.2 cm³/mol. The maximum absolute atomic E-state index is 12.3. The molecule has 0 spiro atoms. The van der Waals surface area contributed by atoms with Gasteiger partial charge in [-0.3, -0.25) is 14.8 Å². The number of nitrogens with zero attached hydrogens (tertiary/aromatic N) is 2. The molecule has 1 fully saturated rings. The molecule has 1 amide bonds. The summed E-state index contributed by atoms with van der Waals surface area (Å²) < 4.78 is 5.22. The van der Waals surface area contributed by atoms with Gasteiger partial charge in [0.1, 0.15) is 11.4 Å². The van der Waals surface area contributed by atoms with E-state index in [0.717, 1.165) is 43.7 Å². The van der Waals surface area contributed by atoms with E-state index in [1.54, 1.807) is 13.2 Å². The fraction of sp³-hybridized carbons (Fsp3) is 0.474. The number of piperidine rings is 1. The minimum Gasteiger partial charge on any atom is -0.497 e. The van der Waals surface area contributed by atoms with Crippen molar-refractivity contribution in [3.05, 3.63) is 36.0 Å². The van der Waals surface area contributed by atoms with Gasteiger partial charge in [-0.15, -0.1) is 0 Å². The van der Waals surface area contributed by atoms with Gasteiger partial charge in [-0.1, -0.05) is 18.6 Å². The van der Waals surface area contributed by atoms with Crippen molar-refractivity contribution in [2.45, 2.75) is 25.3 Å². The van der Waals surface area contributed by atoms with E-state index < -0.39 is 0 Å². The zero-order valence-corrected chi connectivity index (χ0v) is 15.1. The molecular formula is C19H26N4O3. The number of nitrogens with one attached hydrogen (secondary N) is 2. The first-order chi connectivity index (χ1) is 12.7. The zero-order valence-electron chi connectivity index (χ0n) is 15.1. The largest absolute Gasteiger partial charge is 0.497 e. The number of aliphatic hydroxyl groups is 1. The highest BCUT2D eigenvalue weighted by Crippen LogP contribution is 2.22. The Morgan fingerprint density at radius 3 is 3.12 bits per heavy atom.